The number of carbonyl (C=O) groups is 1. The number of benzene rings is 1. The molecule has 2 rings (SSSR count). The summed E-state index contributed by atoms with van der Waals surface area (Å²) in [5.74, 6) is 0.894. The van der Waals surface area contributed by atoms with Crippen LogP contribution in [0, 0.1) is 13.8 Å². The minimum absolute atomic E-state index is 0.0952. The predicted molar refractivity (Wildman–Crippen MR) is 104 cm³/mol. The number of hydrogen-bond acceptors (Lipinski definition) is 3. The second-order valence-electron chi connectivity index (χ2n) is 6.13. The van der Waals surface area contributed by atoms with Crippen LogP contribution in [0.25, 0.3) is 0 Å². The second-order valence-corrected chi connectivity index (χ2v) is 7.16. The van der Waals surface area contributed by atoms with Crippen molar-refractivity contribution in [3.63, 3.8) is 0 Å². The van der Waals surface area contributed by atoms with E-state index in [1.165, 1.54) is 0 Å². The van der Waals surface area contributed by atoms with Gasteiger partial charge in [0.05, 0.1) is 12.6 Å². The van der Waals surface area contributed by atoms with Crippen LogP contribution < -0.4 is 10.1 Å². The summed E-state index contributed by atoms with van der Waals surface area (Å²) in [4.78, 5) is 15.4. The molecule has 2 aromatic rings. The minimum Gasteiger partial charge on any atom is -0.491 e. The Balaban J connectivity index is 1.90. The van der Waals surface area contributed by atoms with Gasteiger partial charge in [0.2, 0.25) is 0 Å². The molecular weight excluding hydrogens is 332 g/mol. The number of nitrogens with zero attached hydrogens (tertiary/aromatic N) is 1. The molecule has 0 fully saturated rings. The van der Waals surface area contributed by atoms with Gasteiger partial charge in [0.15, 0.2) is 0 Å². The summed E-state index contributed by atoms with van der Waals surface area (Å²) in [7, 11) is 0. The Morgan fingerprint density at radius 1 is 1.32 bits per heavy atom. The third kappa shape index (κ3) is 5.64. The Kier molecular flexibility index (Phi) is 7.07. The fourth-order valence-corrected chi connectivity index (χ4v) is 3.26. The fourth-order valence-electron chi connectivity index (χ4n) is 2.54. The molecule has 1 unspecified atom stereocenters. The van der Waals surface area contributed by atoms with Crippen molar-refractivity contribution < 1.29 is 9.53 Å². The molecule has 1 aromatic carbocycles. The molecule has 0 radical (unpaired) electrons. The lowest BCUT2D eigenvalue weighted by Crippen LogP contribution is -2.45. The van der Waals surface area contributed by atoms with E-state index in [-0.39, 0.29) is 12.1 Å². The van der Waals surface area contributed by atoms with Crippen LogP contribution in [0.1, 0.15) is 22.9 Å². The van der Waals surface area contributed by atoms with Gasteiger partial charge in [-0.25, -0.2) is 4.79 Å². The maximum Gasteiger partial charge on any atom is 0.318 e. The van der Waals surface area contributed by atoms with E-state index >= 15 is 0 Å². The Labute approximate surface area is 154 Å². The van der Waals surface area contributed by atoms with Crippen LogP contribution >= 0.6 is 11.3 Å². The molecule has 0 aliphatic carbocycles. The zero-order valence-corrected chi connectivity index (χ0v) is 15.9. The molecule has 0 aliphatic rings. The molecule has 1 aromatic heterocycles. The zero-order valence-electron chi connectivity index (χ0n) is 15.1. The molecule has 1 N–H and O–H groups in total. The molecule has 0 saturated carbocycles. The highest BCUT2D eigenvalue weighted by Gasteiger charge is 2.16. The smallest absolute Gasteiger partial charge is 0.318 e. The van der Waals surface area contributed by atoms with Gasteiger partial charge in [0.1, 0.15) is 12.4 Å². The maximum atomic E-state index is 12.5. The molecule has 134 valence electrons. The van der Waals surface area contributed by atoms with Crippen molar-refractivity contribution in [2.75, 3.05) is 13.2 Å². The Morgan fingerprint density at radius 3 is 2.64 bits per heavy atom. The van der Waals surface area contributed by atoms with Crippen molar-refractivity contribution in [2.24, 2.45) is 0 Å². The van der Waals surface area contributed by atoms with Gasteiger partial charge >= 0.3 is 6.03 Å². The minimum atomic E-state index is -0.106. The highest BCUT2D eigenvalue weighted by molar-refractivity contribution is 7.09. The maximum absolute atomic E-state index is 12.5. The molecule has 2 amide bonds. The number of nitrogens with one attached hydrogen (secondary N) is 1. The van der Waals surface area contributed by atoms with Gasteiger partial charge in [-0.2, -0.15) is 0 Å². The van der Waals surface area contributed by atoms with E-state index in [0.29, 0.717) is 19.7 Å². The Morgan fingerprint density at radius 2 is 2.04 bits per heavy atom. The van der Waals surface area contributed by atoms with Crippen LogP contribution in [-0.4, -0.2) is 30.1 Å². The summed E-state index contributed by atoms with van der Waals surface area (Å²) < 4.78 is 5.92. The van der Waals surface area contributed by atoms with Crippen molar-refractivity contribution >= 4 is 17.4 Å². The topological polar surface area (TPSA) is 41.6 Å². The average molecular weight is 359 g/mol. The van der Waals surface area contributed by atoms with Crippen molar-refractivity contribution in [3.05, 3.63) is 64.4 Å². The number of para-hydroxylation sites is 1. The number of rotatable bonds is 8. The SMILES string of the molecule is C=CCN(Cc1cccs1)C(=O)NC(C)COc1c(C)cccc1C. The summed E-state index contributed by atoms with van der Waals surface area (Å²) in [6.07, 6.45) is 1.74. The van der Waals surface area contributed by atoms with E-state index in [0.717, 1.165) is 21.8 Å². The molecule has 0 spiro atoms. The van der Waals surface area contributed by atoms with Gasteiger partial charge in [-0.3, -0.25) is 0 Å². The third-order valence-electron chi connectivity index (χ3n) is 3.82. The van der Waals surface area contributed by atoms with Crippen molar-refractivity contribution in [2.45, 2.75) is 33.4 Å². The lowest BCUT2D eigenvalue weighted by Gasteiger charge is -2.24. The Hall–Kier alpha value is -2.27. The molecular formula is C20H26N2O2S. The third-order valence-corrected chi connectivity index (χ3v) is 4.68. The first kappa shape index (κ1) is 19.1. The second kappa shape index (κ2) is 9.28. The van der Waals surface area contributed by atoms with E-state index in [4.69, 9.17) is 4.74 Å². The van der Waals surface area contributed by atoms with Crippen LogP contribution in [0.2, 0.25) is 0 Å². The van der Waals surface area contributed by atoms with Crippen LogP contribution in [0.4, 0.5) is 4.79 Å². The molecule has 1 heterocycles. The molecule has 4 nitrogen and oxygen atoms in total. The standard InChI is InChI=1S/C20H26N2O2S/c1-5-11-22(13-18-10-7-12-25-18)20(23)21-17(4)14-24-19-15(2)8-6-9-16(19)3/h5-10,12,17H,1,11,13-14H2,2-4H3,(H,21,23). The number of urea groups is 1. The number of amides is 2. The molecule has 0 bridgehead atoms. The van der Waals surface area contributed by atoms with Crippen LogP contribution in [0.5, 0.6) is 5.75 Å². The average Bonchev–Trinajstić information content (AvgIpc) is 3.07. The lowest BCUT2D eigenvalue weighted by atomic mass is 10.1. The van der Waals surface area contributed by atoms with Gasteiger partial charge in [-0.1, -0.05) is 30.3 Å². The van der Waals surface area contributed by atoms with E-state index in [9.17, 15) is 4.79 Å². The summed E-state index contributed by atoms with van der Waals surface area (Å²) in [5, 5.41) is 5.02. The number of aryl methyl sites for hydroxylation is 2. The molecule has 1 atom stereocenters. The molecule has 5 heteroatoms. The van der Waals surface area contributed by atoms with Crippen LogP contribution in [-0.2, 0) is 6.54 Å². The monoisotopic (exact) mass is 358 g/mol. The van der Waals surface area contributed by atoms with Crippen molar-refractivity contribution in [1.29, 1.82) is 0 Å². The normalized spacial score (nSPS) is 11.6. The Bertz CT molecular complexity index is 677. The number of thiophene rings is 1. The van der Waals surface area contributed by atoms with Crippen molar-refractivity contribution in [3.8, 4) is 5.75 Å². The van der Waals surface area contributed by atoms with Gasteiger partial charge in [-0.05, 0) is 43.3 Å². The summed E-state index contributed by atoms with van der Waals surface area (Å²) >= 11 is 1.64. The first-order valence-electron chi connectivity index (χ1n) is 8.39. The van der Waals surface area contributed by atoms with E-state index in [1.807, 2.05) is 56.5 Å². The number of hydrogen-bond donors (Lipinski definition) is 1. The highest BCUT2D eigenvalue weighted by Crippen LogP contribution is 2.22. The first-order valence-corrected chi connectivity index (χ1v) is 9.27. The first-order chi connectivity index (χ1) is 12.0. The number of ether oxygens (including phenoxy) is 1. The summed E-state index contributed by atoms with van der Waals surface area (Å²) in [6, 6.07) is 9.89. The summed E-state index contributed by atoms with van der Waals surface area (Å²) in [6.45, 7) is 11.3. The molecule has 0 aliphatic heterocycles. The van der Waals surface area contributed by atoms with Gasteiger partial charge in [0, 0.05) is 11.4 Å². The van der Waals surface area contributed by atoms with E-state index < -0.39 is 0 Å². The highest BCUT2D eigenvalue weighted by atomic mass is 32.1. The van der Waals surface area contributed by atoms with Crippen molar-refractivity contribution in [1.82, 2.24) is 10.2 Å². The van der Waals surface area contributed by atoms with Gasteiger partial charge in [-0.15, -0.1) is 17.9 Å². The van der Waals surface area contributed by atoms with E-state index in [2.05, 4.69) is 11.9 Å². The largest absolute Gasteiger partial charge is 0.491 e. The van der Waals surface area contributed by atoms with Crippen LogP contribution in [0.3, 0.4) is 0 Å². The molecule has 0 saturated heterocycles. The quantitative estimate of drug-likeness (QED) is 0.705. The zero-order chi connectivity index (χ0) is 18.2. The number of carbonyl (C=O) groups excluding carboxylic acids is 1. The fraction of sp³-hybridized carbons (Fsp3) is 0.350. The predicted octanol–water partition coefficient (Wildman–Crippen LogP) is 4.53. The van der Waals surface area contributed by atoms with Gasteiger partial charge < -0.3 is 15.0 Å². The molecule has 25 heavy (non-hydrogen) atoms. The van der Waals surface area contributed by atoms with E-state index in [1.54, 1.807) is 22.3 Å². The lowest BCUT2D eigenvalue weighted by molar-refractivity contribution is 0.190. The summed E-state index contributed by atoms with van der Waals surface area (Å²) in [5.41, 5.74) is 2.20. The van der Waals surface area contributed by atoms with Crippen LogP contribution in [0.15, 0.2) is 48.4 Å². The van der Waals surface area contributed by atoms with Gasteiger partial charge in [0.25, 0.3) is 0 Å².